The largest absolute Gasteiger partial charge is 0.341 e. The second-order valence-electron chi connectivity index (χ2n) is 4.02. The number of hydrogen-bond acceptors (Lipinski definition) is 3. The van der Waals surface area contributed by atoms with E-state index in [0.717, 1.165) is 15.8 Å². The first-order valence-corrected chi connectivity index (χ1v) is 6.88. The van der Waals surface area contributed by atoms with E-state index >= 15 is 0 Å². The smallest absolute Gasteiger partial charge is 0.222 e. The fraction of sp³-hybridized carbons (Fsp3) is 0.545. The molecule has 1 rings (SSSR count). The van der Waals surface area contributed by atoms with E-state index in [9.17, 15) is 4.79 Å². The van der Waals surface area contributed by atoms with Gasteiger partial charge in [-0.1, -0.05) is 0 Å². The van der Waals surface area contributed by atoms with Gasteiger partial charge in [0.2, 0.25) is 5.91 Å². The van der Waals surface area contributed by atoms with Gasteiger partial charge >= 0.3 is 0 Å². The maximum atomic E-state index is 11.7. The Morgan fingerprint density at radius 2 is 2.38 bits per heavy atom. The van der Waals surface area contributed by atoms with Crippen molar-refractivity contribution in [2.75, 3.05) is 7.05 Å². The predicted molar refractivity (Wildman–Crippen MR) is 71.4 cm³/mol. The van der Waals surface area contributed by atoms with Gasteiger partial charge in [0.05, 0.1) is 3.79 Å². The zero-order chi connectivity index (χ0) is 12.1. The van der Waals surface area contributed by atoms with Gasteiger partial charge in [0.1, 0.15) is 0 Å². The van der Waals surface area contributed by atoms with Gasteiger partial charge in [-0.3, -0.25) is 4.79 Å². The van der Waals surface area contributed by atoms with Crippen LogP contribution in [0.5, 0.6) is 0 Å². The van der Waals surface area contributed by atoms with Crippen molar-refractivity contribution in [3.8, 4) is 0 Å². The fourth-order valence-electron chi connectivity index (χ4n) is 1.33. The average molecular weight is 305 g/mol. The molecule has 16 heavy (non-hydrogen) atoms. The molecular weight excluding hydrogens is 288 g/mol. The van der Waals surface area contributed by atoms with Crippen molar-refractivity contribution in [1.82, 2.24) is 4.90 Å². The first kappa shape index (κ1) is 13.7. The number of nitrogens with two attached hydrogens (primary N) is 1. The molecule has 1 atom stereocenters. The molecule has 0 spiro atoms. The van der Waals surface area contributed by atoms with E-state index in [-0.39, 0.29) is 11.9 Å². The van der Waals surface area contributed by atoms with Crippen molar-refractivity contribution in [3.63, 3.8) is 0 Å². The molecule has 3 nitrogen and oxygen atoms in total. The Morgan fingerprint density at radius 3 is 2.88 bits per heavy atom. The van der Waals surface area contributed by atoms with Crippen molar-refractivity contribution in [1.29, 1.82) is 0 Å². The molecule has 5 heteroatoms. The summed E-state index contributed by atoms with van der Waals surface area (Å²) in [4.78, 5) is 13.5. The second kappa shape index (κ2) is 6.37. The van der Waals surface area contributed by atoms with E-state index < -0.39 is 0 Å². The molecule has 0 fully saturated rings. The molecular formula is C11H17BrN2OS. The van der Waals surface area contributed by atoms with Crippen LogP contribution in [0.15, 0.2) is 15.2 Å². The SMILES string of the molecule is CC(N)CCC(=O)N(C)Cc1csc(Br)c1. The van der Waals surface area contributed by atoms with Crippen LogP contribution in [0.1, 0.15) is 25.3 Å². The molecule has 0 aromatic carbocycles. The third-order valence-corrected chi connectivity index (χ3v) is 3.83. The van der Waals surface area contributed by atoms with E-state index in [0.29, 0.717) is 13.0 Å². The number of amides is 1. The molecule has 1 unspecified atom stereocenters. The van der Waals surface area contributed by atoms with Crippen LogP contribution in [-0.2, 0) is 11.3 Å². The molecule has 0 saturated carbocycles. The molecule has 1 amide bonds. The quantitative estimate of drug-likeness (QED) is 0.909. The van der Waals surface area contributed by atoms with Crippen LogP contribution >= 0.6 is 27.3 Å². The number of hydrogen-bond donors (Lipinski definition) is 1. The Balaban J connectivity index is 2.39. The lowest BCUT2D eigenvalue weighted by atomic mass is 10.2. The number of carbonyl (C=O) groups is 1. The van der Waals surface area contributed by atoms with Gasteiger partial charge < -0.3 is 10.6 Å². The number of thiophene rings is 1. The van der Waals surface area contributed by atoms with Gasteiger partial charge in [-0.15, -0.1) is 11.3 Å². The van der Waals surface area contributed by atoms with E-state index in [4.69, 9.17) is 5.73 Å². The number of nitrogens with zero attached hydrogens (tertiary/aromatic N) is 1. The van der Waals surface area contributed by atoms with E-state index in [1.54, 1.807) is 16.2 Å². The second-order valence-corrected chi connectivity index (χ2v) is 6.32. The molecule has 0 bridgehead atoms. The van der Waals surface area contributed by atoms with Crippen LogP contribution in [0, 0.1) is 0 Å². The van der Waals surface area contributed by atoms with E-state index in [2.05, 4.69) is 21.3 Å². The Hall–Kier alpha value is -0.390. The van der Waals surface area contributed by atoms with Crippen molar-refractivity contribution in [3.05, 3.63) is 20.8 Å². The minimum Gasteiger partial charge on any atom is -0.341 e. The molecule has 0 saturated heterocycles. The van der Waals surface area contributed by atoms with Crippen LogP contribution in [0.3, 0.4) is 0 Å². The zero-order valence-electron chi connectivity index (χ0n) is 9.57. The van der Waals surface area contributed by atoms with Crippen molar-refractivity contribution in [2.24, 2.45) is 5.73 Å². The minimum absolute atomic E-state index is 0.0904. The van der Waals surface area contributed by atoms with Crippen molar-refractivity contribution < 1.29 is 4.79 Å². The van der Waals surface area contributed by atoms with Gasteiger partial charge in [0, 0.05) is 26.1 Å². The molecule has 2 N–H and O–H groups in total. The summed E-state index contributed by atoms with van der Waals surface area (Å²) < 4.78 is 1.10. The van der Waals surface area contributed by atoms with Gasteiger partial charge in [0.25, 0.3) is 0 Å². The van der Waals surface area contributed by atoms with Crippen LogP contribution in [0.4, 0.5) is 0 Å². The number of carbonyl (C=O) groups excluding carboxylic acids is 1. The van der Waals surface area contributed by atoms with Crippen LogP contribution in [0.25, 0.3) is 0 Å². The van der Waals surface area contributed by atoms with E-state index in [1.165, 1.54) is 0 Å². The average Bonchev–Trinajstić information content (AvgIpc) is 2.60. The number of halogens is 1. The van der Waals surface area contributed by atoms with Crippen LogP contribution in [0.2, 0.25) is 0 Å². The molecule has 90 valence electrons. The molecule has 0 radical (unpaired) electrons. The first-order valence-electron chi connectivity index (χ1n) is 5.21. The van der Waals surface area contributed by atoms with Gasteiger partial charge in [-0.2, -0.15) is 0 Å². The summed E-state index contributed by atoms with van der Waals surface area (Å²) >= 11 is 5.04. The summed E-state index contributed by atoms with van der Waals surface area (Å²) in [6.07, 6.45) is 1.27. The Bertz CT molecular complexity index is 352. The topological polar surface area (TPSA) is 46.3 Å². The van der Waals surface area contributed by atoms with E-state index in [1.807, 2.05) is 20.0 Å². The molecule has 0 aliphatic carbocycles. The zero-order valence-corrected chi connectivity index (χ0v) is 12.0. The lowest BCUT2D eigenvalue weighted by Crippen LogP contribution is -2.27. The van der Waals surface area contributed by atoms with Crippen LogP contribution in [-0.4, -0.2) is 23.9 Å². The van der Waals surface area contributed by atoms with Crippen molar-refractivity contribution in [2.45, 2.75) is 32.4 Å². The lowest BCUT2D eigenvalue weighted by Gasteiger charge is -2.16. The third kappa shape index (κ3) is 4.63. The normalized spacial score (nSPS) is 12.5. The predicted octanol–water partition coefficient (Wildman–Crippen LogP) is 2.60. The standard InChI is InChI=1S/C11H17BrN2OS/c1-8(13)3-4-11(15)14(2)6-9-5-10(12)16-7-9/h5,7-8H,3-4,6,13H2,1-2H3. The lowest BCUT2D eigenvalue weighted by molar-refractivity contribution is -0.130. The monoisotopic (exact) mass is 304 g/mol. The summed E-state index contributed by atoms with van der Waals surface area (Å²) in [6, 6.07) is 2.13. The maximum Gasteiger partial charge on any atom is 0.222 e. The van der Waals surface area contributed by atoms with Gasteiger partial charge in [-0.25, -0.2) is 0 Å². The van der Waals surface area contributed by atoms with Gasteiger partial charge in [-0.05, 0) is 46.3 Å². The summed E-state index contributed by atoms with van der Waals surface area (Å²) in [6.45, 7) is 2.59. The first-order chi connectivity index (χ1) is 7.49. The highest BCUT2D eigenvalue weighted by Gasteiger charge is 2.10. The maximum absolute atomic E-state index is 11.7. The molecule has 1 aromatic rings. The number of rotatable bonds is 5. The minimum atomic E-state index is 0.0904. The van der Waals surface area contributed by atoms with Gasteiger partial charge in [0.15, 0.2) is 0 Å². The highest BCUT2D eigenvalue weighted by Crippen LogP contribution is 2.21. The molecule has 0 aliphatic heterocycles. The summed E-state index contributed by atoms with van der Waals surface area (Å²) in [7, 11) is 1.83. The van der Waals surface area contributed by atoms with Crippen molar-refractivity contribution >= 4 is 33.2 Å². The Labute approximate surface area is 109 Å². The summed E-state index contributed by atoms with van der Waals surface area (Å²) in [5.74, 6) is 0.152. The highest BCUT2D eigenvalue weighted by atomic mass is 79.9. The summed E-state index contributed by atoms with van der Waals surface area (Å²) in [5, 5.41) is 2.05. The Morgan fingerprint density at radius 1 is 1.69 bits per heavy atom. The highest BCUT2D eigenvalue weighted by molar-refractivity contribution is 9.11. The summed E-state index contributed by atoms with van der Waals surface area (Å²) in [5.41, 5.74) is 6.78. The third-order valence-electron chi connectivity index (χ3n) is 2.28. The van der Waals surface area contributed by atoms with Crippen LogP contribution < -0.4 is 5.73 Å². The molecule has 1 aromatic heterocycles. The Kier molecular flexibility index (Phi) is 5.44. The fourth-order valence-corrected chi connectivity index (χ4v) is 2.53. The molecule has 1 heterocycles. The molecule has 0 aliphatic rings.